The second-order valence-electron chi connectivity index (χ2n) is 5.84. The molecule has 5 nitrogen and oxygen atoms in total. The quantitative estimate of drug-likeness (QED) is 0.815. The van der Waals surface area contributed by atoms with Gasteiger partial charge in [0.25, 0.3) is 0 Å². The molecule has 0 spiro atoms. The predicted molar refractivity (Wildman–Crippen MR) is 96.6 cm³/mol. The highest BCUT2D eigenvalue weighted by Gasteiger charge is 2.27. The second-order valence-corrected chi connectivity index (χ2v) is 7.09. The molecule has 1 aromatic heterocycles. The Bertz CT molecular complexity index is 650. The number of pyridine rings is 1. The zero-order chi connectivity index (χ0) is 16.8. The van der Waals surface area contributed by atoms with Gasteiger partial charge in [-0.3, -0.25) is 9.45 Å². The van der Waals surface area contributed by atoms with Gasteiger partial charge in [-0.05, 0) is 36.1 Å². The van der Waals surface area contributed by atoms with E-state index in [0.29, 0.717) is 9.68 Å². The van der Waals surface area contributed by atoms with E-state index in [2.05, 4.69) is 42.0 Å². The highest BCUT2D eigenvalue weighted by Crippen LogP contribution is 2.32. The van der Waals surface area contributed by atoms with E-state index in [1.54, 1.807) is 17.7 Å². The first-order valence-corrected chi connectivity index (χ1v) is 9.39. The smallest absolute Gasteiger partial charge is 0.250 e. The molecule has 1 aromatic rings. The fraction of sp³-hybridized carbons (Fsp3) is 0.529. The minimum Gasteiger partial charge on any atom is -0.336 e. The molecular weight excluding hydrogens is 304 g/mol. The van der Waals surface area contributed by atoms with Gasteiger partial charge in [-0.15, -0.1) is 0 Å². The molecule has 23 heavy (non-hydrogen) atoms. The van der Waals surface area contributed by atoms with Gasteiger partial charge in [-0.1, -0.05) is 20.3 Å². The fourth-order valence-electron chi connectivity index (χ4n) is 2.78. The normalized spacial score (nSPS) is 19.7. The number of guanidine groups is 1. The number of nitrogens with one attached hydrogen (secondary N) is 1. The molecule has 0 saturated carbocycles. The average molecular weight is 331 g/mol. The Morgan fingerprint density at radius 1 is 1.30 bits per heavy atom. The van der Waals surface area contributed by atoms with Crippen molar-refractivity contribution in [2.24, 2.45) is 11.7 Å². The van der Waals surface area contributed by atoms with E-state index in [1.807, 2.05) is 12.3 Å². The van der Waals surface area contributed by atoms with E-state index < -0.39 is 0 Å². The number of nitrogens with zero attached hydrogens (tertiary/aromatic N) is 3. The number of aryl methyl sites for hydroxylation is 1. The van der Waals surface area contributed by atoms with Crippen molar-refractivity contribution in [3.8, 4) is 0 Å². The van der Waals surface area contributed by atoms with Crippen LogP contribution in [-0.2, 0) is 7.05 Å². The van der Waals surface area contributed by atoms with Gasteiger partial charge in [-0.2, -0.15) is 0 Å². The highest BCUT2D eigenvalue weighted by molar-refractivity contribution is 6.35. The van der Waals surface area contributed by atoms with Crippen LogP contribution in [0.25, 0.3) is 0 Å². The lowest BCUT2D eigenvalue weighted by atomic mass is 9.94. The molecule has 2 radical (unpaired) electrons. The van der Waals surface area contributed by atoms with Crippen molar-refractivity contribution >= 4 is 15.6 Å². The van der Waals surface area contributed by atoms with Crippen LogP contribution in [0.4, 0.5) is 0 Å². The SMILES string of the molecule is CCCCC1=CNC(=N[Si]CC)N(C)C1c1ccc(=O)n(C)c1. The summed E-state index contributed by atoms with van der Waals surface area (Å²) in [5, 5.41) is 3.34. The van der Waals surface area contributed by atoms with Gasteiger partial charge in [0.1, 0.15) is 0 Å². The maximum Gasteiger partial charge on any atom is 0.250 e. The molecule has 1 atom stereocenters. The number of hydrogen-bond acceptors (Lipinski definition) is 2. The zero-order valence-electron chi connectivity index (χ0n) is 14.5. The van der Waals surface area contributed by atoms with Crippen LogP contribution in [0.15, 0.2) is 39.6 Å². The molecule has 0 aliphatic carbocycles. The molecule has 0 amide bonds. The van der Waals surface area contributed by atoms with Crippen LogP contribution < -0.4 is 10.9 Å². The minimum absolute atomic E-state index is 0.0192. The Labute approximate surface area is 141 Å². The number of unbranched alkanes of at least 4 members (excludes halogenated alkanes) is 1. The first-order chi connectivity index (χ1) is 11.1. The lowest BCUT2D eigenvalue weighted by molar-refractivity contribution is 0.385. The summed E-state index contributed by atoms with van der Waals surface area (Å²) in [4.78, 5) is 13.9. The van der Waals surface area contributed by atoms with Gasteiger partial charge in [0.05, 0.1) is 6.04 Å². The van der Waals surface area contributed by atoms with Gasteiger partial charge in [0.15, 0.2) is 5.96 Å². The summed E-state index contributed by atoms with van der Waals surface area (Å²) in [5.41, 5.74) is 2.49. The summed E-state index contributed by atoms with van der Waals surface area (Å²) in [7, 11) is 4.44. The maximum absolute atomic E-state index is 11.7. The Kier molecular flexibility index (Phi) is 6.21. The number of rotatable bonds is 6. The Hall–Kier alpha value is -1.82. The summed E-state index contributed by atoms with van der Waals surface area (Å²) in [6.45, 7) is 4.34. The Balaban J connectivity index is 2.39. The van der Waals surface area contributed by atoms with Crippen LogP contribution in [0, 0.1) is 0 Å². The standard InChI is InChI=1S/C17H26N4OSi/c1-5-7-8-13-11-18-17(19-23-6-2)21(4)16(13)14-9-10-15(22)20(3)12-14/h9-12,16H,5-8H2,1-4H3,(H,18,19). The molecule has 1 unspecified atom stereocenters. The lowest BCUT2D eigenvalue weighted by Gasteiger charge is -2.37. The van der Waals surface area contributed by atoms with E-state index >= 15 is 0 Å². The van der Waals surface area contributed by atoms with Crippen molar-refractivity contribution in [1.82, 2.24) is 14.8 Å². The summed E-state index contributed by atoms with van der Waals surface area (Å²) in [6.07, 6.45) is 7.41. The van der Waals surface area contributed by atoms with Crippen molar-refractivity contribution in [2.75, 3.05) is 7.05 Å². The van der Waals surface area contributed by atoms with E-state index in [1.165, 1.54) is 12.0 Å². The van der Waals surface area contributed by atoms with Crippen molar-refractivity contribution in [3.63, 3.8) is 0 Å². The molecule has 2 heterocycles. The Morgan fingerprint density at radius 3 is 2.74 bits per heavy atom. The first-order valence-electron chi connectivity index (χ1n) is 8.23. The number of aromatic nitrogens is 1. The second kappa shape index (κ2) is 8.15. The number of likely N-dealkylation sites (N-methyl/N-ethyl adjacent to an activating group) is 1. The van der Waals surface area contributed by atoms with Crippen molar-refractivity contribution < 1.29 is 0 Å². The molecule has 1 N–H and O–H groups in total. The van der Waals surface area contributed by atoms with Crippen molar-refractivity contribution in [2.45, 2.75) is 45.2 Å². The average Bonchev–Trinajstić information content (AvgIpc) is 2.55. The van der Waals surface area contributed by atoms with Crippen LogP contribution in [0.5, 0.6) is 0 Å². The van der Waals surface area contributed by atoms with Crippen LogP contribution in [0.3, 0.4) is 0 Å². The van der Waals surface area contributed by atoms with E-state index in [0.717, 1.165) is 30.4 Å². The zero-order valence-corrected chi connectivity index (χ0v) is 15.5. The van der Waals surface area contributed by atoms with Crippen molar-refractivity contribution in [1.29, 1.82) is 0 Å². The third-order valence-electron chi connectivity index (χ3n) is 4.05. The molecular formula is C17H26N4OSi. The monoisotopic (exact) mass is 330 g/mol. The fourth-order valence-corrected chi connectivity index (χ4v) is 3.31. The topological polar surface area (TPSA) is 49.6 Å². The largest absolute Gasteiger partial charge is 0.336 e. The van der Waals surface area contributed by atoms with Gasteiger partial charge >= 0.3 is 0 Å². The highest BCUT2D eigenvalue weighted by atomic mass is 28.2. The van der Waals surface area contributed by atoms with Crippen LogP contribution in [0.1, 0.15) is 44.7 Å². The molecule has 1 aliphatic heterocycles. The molecule has 6 heteroatoms. The Morgan fingerprint density at radius 2 is 2.09 bits per heavy atom. The van der Waals surface area contributed by atoms with Crippen molar-refractivity contribution in [3.05, 3.63) is 46.0 Å². The minimum atomic E-state index is 0.0192. The summed E-state index contributed by atoms with van der Waals surface area (Å²) in [5.74, 6) is 0.907. The molecule has 0 aromatic carbocycles. The lowest BCUT2D eigenvalue weighted by Crippen LogP contribution is -2.44. The summed E-state index contributed by atoms with van der Waals surface area (Å²) in [6, 6.07) is 4.77. The maximum atomic E-state index is 11.7. The molecule has 0 bridgehead atoms. The van der Waals surface area contributed by atoms with Crippen LogP contribution in [0.2, 0.25) is 6.04 Å². The van der Waals surface area contributed by atoms with Crippen LogP contribution >= 0.6 is 0 Å². The third-order valence-corrected chi connectivity index (χ3v) is 4.73. The summed E-state index contributed by atoms with van der Waals surface area (Å²) >= 11 is 0. The molecule has 1 aliphatic rings. The van der Waals surface area contributed by atoms with E-state index in [9.17, 15) is 4.79 Å². The molecule has 0 saturated heterocycles. The molecule has 2 rings (SSSR count). The predicted octanol–water partition coefficient (Wildman–Crippen LogP) is 2.45. The van der Waals surface area contributed by atoms with Gasteiger partial charge in [0.2, 0.25) is 15.2 Å². The third kappa shape index (κ3) is 4.13. The van der Waals surface area contributed by atoms with Gasteiger partial charge in [0, 0.05) is 32.6 Å². The van der Waals surface area contributed by atoms with Gasteiger partial charge < -0.3 is 14.8 Å². The first kappa shape index (κ1) is 17.5. The van der Waals surface area contributed by atoms with E-state index in [4.69, 9.17) is 0 Å². The van der Waals surface area contributed by atoms with E-state index in [-0.39, 0.29) is 11.6 Å². The molecule has 0 fully saturated rings. The summed E-state index contributed by atoms with van der Waals surface area (Å²) < 4.78 is 6.31. The van der Waals surface area contributed by atoms with Crippen LogP contribution in [-0.4, -0.2) is 32.2 Å². The van der Waals surface area contributed by atoms with Gasteiger partial charge in [-0.25, -0.2) is 0 Å². The number of hydrogen-bond donors (Lipinski definition) is 1. The molecule has 124 valence electrons.